The zero-order valence-electron chi connectivity index (χ0n) is 18.7. The van der Waals surface area contributed by atoms with E-state index in [4.69, 9.17) is 5.73 Å². The highest BCUT2D eigenvalue weighted by molar-refractivity contribution is 5.88. The van der Waals surface area contributed by atoms with Crippen molar-refractivity contribution >= 4 is 16.8 Å². The maximum absolute atomic E-state index is 12.2. The third-order valence-electron chi connectivity index (χ3n) is 5.23. The first-order valence-electron chi connectivity index (χ1n) is 11.6. The van der Waals surface area contributed by atoms with Gasteiger partial charge in [0.15, 0.2) is 0 Å². The van der Waals surface area contributed by atoms with Crippen LogP contribution >= 0.6 is 0 Å². The van der Waals surface area contributed by atoms with E-state index in [-0.39, 0.29) is 5.91 Å². The van der Waals surface area contributed by atoms with Crippen LogP contribution in [-0.4, -0.2) is 73.5 Å². The number of aromatic amines is 1. The van der Waals surface area contributed by atoms with Crippen LogP contribution in [0.15, 0.2) is 30.5 Å². The van der Waals surface area contributed by atoms with Crippen LogP contribution in [0.4, 0.5) is 0 Å². The second kappa shape index (κ2) is 15.8. The van der Waals surface area contributed by atoms with Crippen molar-refractivity contribution in [1.29, 1.82) is 0 Å². The van der Waals surface area contributed by atoms with E-state index >= 15 is 0 Å². The highest BCUT2D eigenvalue weighted by Crippen LogP contribution is 2.17. The summed E-state index contributed by atoms with van der Waals surface area (Å²) in [6.07, 6.45) is 7.14. The number of carbonyl (C=O) groups is 1. The minimum atomic E-state index is 0.0651. The van der Waals surface area contributed by atoms with Crippen molar-refractivity contribution in [2.75, 3.05) is 52.4 Å². The predicted molar refractivity (Wildman–Crippen MR) is 126 cm³/mol. The van der Waals surface area contributed by atoms with E-state index in [0.717, 1.165) is 74.7 Å². The van der Waals surface area contributed by atoms with Crippen molar-refractivity contribution in [3.8, 4) is 0 Å². The van der Waals surface area contributed by atoms with Crippen LogP contribution in [0.25, 0.3) is 10.9 Å². The Balaban J connectivity index is 1.39. The molecule has 174 valence electrons. The normalized spacial score (nSPS) is 11.5. The highest BCUT2D eigenvalue weighted by atomic mass is 16.5. The molecule has 0 radical (unpaired) electrons. The average molecular weight is 433 g/mol. The third kappa shape index (κ3) is 10.8. The van der Waals surface area contributed by atoms with E-state index < -0.39 is 0 Å². The molecule has 31 heavy (non-hydrogen) atoms. The molecule has 0 saturated carbocycles. The van der Waals surface area contributed by atoms with E-state index in [1.54, 1.807) is 0 Å². The minimum absolute atomic E-state index is 0.0651. The molecule has 2 rings (SSSR count). The second-order valence-electron chi connectivity index (χ2n) is 7.90. The molecule has 1 aromatic carbocycles. The quantitative estimate of drug-likeness (QED) is 0.157. The lowest BCUT2D eigenvalue weighted by Crippen LogP contribution is -2.29. The highest BCUT2D eigenvalue weighted by Gasteiger charge is 2.07. The number of hydrogen-bond donors (Lipinski definition) is 6. The minimum Gasteiger partial charge on any atom is -0.361 e. The maximum atomic E-state index is 12.2. The molecule has 0 saturated heterocycles. The Hall–Kier alpha value is -1.97. The number of rotatable bonds is 18. The van der Waals surface area contributed by atoms with Crippen LogP contribution in [0, 0.1) is 0 Å². The largest absolute Gasteiger partial charge is 0.361 e. The molecule has 0 spiro atoms. The number of amides is 1. The topological polar surface area (TPSA) is 118 Å². The summed E-state index contributed by atoms with van der Waals surface area (Å²) in [4.78, 5) is 15.4. The molecule has 1 aromatic heterocycles. The average Bonchev–Trinajstić information content (AvgIpc) is 3.17. The van der Waals surface area contributed by atoms with Gasteiger partial charge in [-0.25, -0.2) is 0 Å². The van der Waals surface area contributed by atoms with Gasteiger partial charge in [0.2, 0.25) is 5.91 Å². The molecular formula is C23H40N6O2. The molecule has 8 heteroatoms. The number of nitrogens with zero attached hydrogens (tertiary/aromatic N) is 1. The second-order valence-corrected chi connectivity index (χ2v) is 7.90. The van der Waals surface area contributed by atoms with E-state index in [1.165, 1.54) is 5.06 Å². The van der Waals surface area contributed by atoms with Gasteiger partial charge in [0, 0.05) is 36.7 Å². The first kappa shape index (κ1) is 25.3. The predicted octanol–water partition coefficient (Wildman–Crippen LogP) is 1.61. The Labute approximate surface area is 185 Å². The van der Waals surface area contributed by atoms with E-state index in [0.29, 0.717) is 32.6 Å². The number of aromatic nitrogens is 1. The number of hydroxylamine groups is 2. The summed E-state index contributed by atoms with van der Waals surface area (Å²) in [6.45, 7) is 6.45. The number of H-pyrrole nitrogens is 1. The summed E-state index contributed by atoms with van der Waals surface area (Å²) in [6, 6.07) is 8.04. The smallest absolute Gasteiger partial charge is 0.224 e. The number of nitrogens with two attached hydrogens (primary N) is 1. The molecule has 1 amide bonds. The molecule has 0 unspecified atom stereocenters. The fourth-order valence-corrected chi connectivity index (χ4v) is 3.48. The SMILES string of the molecule is NCCCNCCCN(O)CCCNCCCCNC(=O)Cc1c[nH]c2ccccc12. The van der Waals surface area contributed by atoms with Crippen LogP contribution < -0.4 is 21.7 Å². The number of unbranched alkanes of at least 4 members (excludes halogenated alkanes) is 1. The van der Waals surface area contributed by atoms with Gasteiger partial charge in [-0.1, -0.05) is 18.2 Å². The molecule has 0 aliphatic heterocycles. The number of benzene rings is 1. The van der Waals surface area contributed by atoms with Crippen LogP contribution in [0.2, 0.25) is 0 Å². The van der Waals surface area contributed by atoms with Gasteiger partial charge in [-0.05, 0) is 76.5 Å². The Morgan fingerprint density at radius 2 is 1.58 bits per heavy atom. The Morgan fingerprint density at radius 1 is 0.935 bits per heavy atom. The fraction of sp³-hybridized carbons (Fsp3) is 0.609. The molecule has 2 aromatic rings. The van der Waals surface area contributed by atoms with Crippen molar-refractivity contribution in [3.63, 3.8) is 0 Å². The summed E-state index contributed by atoms with van der Waals surface area (Å²) in [5.74, 6) is 0.0651. The van der Waals surface area contributed by atoms with E-state index in [2.05, 4.69) is 20.9 Å². The van der Waals surface area contributed by atoms with Crippen molar-refractivity contribution in [2.45, 2.75) is 38.5 Å². The van der Waals surface area contributed by atoms with E-state index in [9.17, 15) is 10.0 Å². The number of para-hydroxylation sites is 1. The van der Waals surface area contributed by atoms with Crippen molar-refractivity contribution in [3.05, 3.63) is 36.0 Å². The summed E-state index contributed by atoms with van der Waals surface area (Å²) < 4.78 is 0. The lowest BCUT2D eigenvalue weighted by molar-refractivity contribution is -0.120. The molecule has 0 fully saturated rings. The first-order valence-corrected chi connectivity index (χ1v) is 11.6. The lowest BCUT2D eigenvalue weighted by atomic mass is 10.1. The zero-order chi connectivity index (χ0) is 22.2. The summed E-state index contributed by atoms with van der Waals surface area (Å²) in [5.41, 5.74) is 7.55. The molecule has 0 bridgehead atoms. The molecular weight excluding hydrogens is 392 g/mol. The van der Waals surface area contributed by atoms with Gasteiger partial charge in [0.25, 0.3) is 0 Å². The van der Waals surface area contributed by atoms with Gasteiger partial charge in [-0.2, -0.15) is 5.06 Å². The fourth-order valence-electron chi connectivity index (χ4n) is 3.48. The first-order chi connectivity index (χ1) is 15.2. The summed E-state index contributed by atoms with van der Waals surface area (Å²) in [5, 5.41) is 22.1. The van der Waals surface area contributed by atoms with Crippen molar-refractivity contribution < 1.29 is 10.0 Å². The molecule has 0 aliphatic carbocycles. The summed E-state index contributed by atoms with van der Waals surface area (Å²) >= 11 is 0. The van der Waals surface area contributed by atoms with Crippen LogP contribution in [0.5, 0.6) is 0 Å². The number of fused-ring (bicyclic) bond motifs is 1. The van der Waals surface area contributed by atoms with Gasteiger partial charge in [0.1, 0.15) is 0 Å². The van der Waals surface area contributed by atoms with E-state index in [1.807, 2.05) is 30.5 Å². The monoisotopic (exact) mass is 432 g/mol. The molecule has 8 nitrogen and oxygen atoms in total. The zero-order valence-corrected chi connectivity index (χ0v) is 18.7. The lowest BCUT2D eigenvalue weighted by Gasteiger charge is -2.15. The number of nitrogens with one attached hydrogen (secondary N) is 4. The molecule has 0 aliphatic rings. The third-order valence-corrected chi connectivity index (χ3v) is 5.23. The standard InChI is InChI=1S/C23H40N6O2/c24-10-5-12-26-14-7-17-29(31)16-6-13-25-11-3-4-15-27-23(30)18-20-19-28-22-9-2-1-8-21(20)22/h1-2,8-9,19,25-26,28,31H,3-7,10-18,24H2,(H,27,30). The van der Waals surface area contributed by atoms with Gasteiger partial charge < -0.3 is 31.9 Å². The van der Waals surface area contributed by atoms with Crippen molar-refractivity contribution in [1.82, 2.24) is 26.0 Å². The molecule has 1 heterocycles. The summed E-state index contributed by atoms with van der Waals surface area (Å²) in [7, 11) is 0. The number of hydrogen-bond acceptors (Lipinski definition) is 6. The molecule has 0 atom stereocenters. The molecule has 7 N–H and O–H groups in total. The van der Waals surface area contributed by atoms with Gasteiger partial charge in [-0.3, -0.25) is 4.79 Å². The van der Waals surface area contributed by atoms with Crippen LogP contribution in [0.3, 0.4) is 0 Å². The van der Waals surface area contributed by atoms with Crippen molar-refractivity contribution in [2.24, 2.45) is 5.73 Å². The van der Waals surface area contributed by atoms with Crippen LogP contribution in [-0.2, 0) is 11.2 Å². The number of carbonyl (C=O) groups excluding carboxylic acids is 1. The van der Waals surface area contributed by atoms with Gasteiger partial charge in [-0.15, -0.1) is 0 Å². The Bertz CT molecular complexity index is 736. The maximum Gasteiger partial charge on any atom is 0.224 e. The van der Waals surface area contributed by atoms with Gasteiger partial charge >= 0.3 is 0 Å². The van der Waals surface area contributed by atoms with Gasteiger partial charge in [0.05, 0.1) is 6.42 Å². The van der Waals surface area contributed by atoms with Crippen LogP contribution in [0.1, 0.15) is 37.7 Å². The Morgan fingerprint density at radius 3 is 2.32 bits per heavy atom. The Kier molecular flexibility index (Phi) is 12.9.